The molecule has 0 aromatic carbocycles. The maximum absolute atomic E-state index is 6.50. The second-order valence-corrected chi connectivity index (χ2v) is 6.88. The highest BCUT2D eigenvalue weighted by atomic mass is 35.5. The monoisotopic (exact) mass is 346 g/mol. The van der Waals surface area contributed by atoms with E-state index in [0.717, 1.165) is 29.3 Å². The van der Waals surface area contributed by atoms with Gasteiger partial charge < -0.3 is 5.32 Å². The molecule has 0 unspecified atom stereocenters. The summed E-state index contributed by atoms with van der Waals surface area (Å²) in [6.07, 6.45) is 1.97. The number of halogens is 1. The SMILES string of the molecule is Cc1nn(CC(C)C)c(Cl)c1CN[C@H](C)c1nnc2ccccn12. The van der Waals surface area contributed by atoms with Crippen LogP contribution in [0.3, 0.4) is 0 Å². The molecule has 3 aromatic rings. The molecule has 6 nitrogen and oxygen atoms in total. The molecule has 0 aliphatic carbocycles. The Morgan fingerprint density at radius 2 is 2.00 bits per heavy atom. The summed E-state index contributed by atoms with van der Waals surface area (Å²) in [5, 5.41) is 17.2. The number of rotatable bonds is 6. The lowest BCUT2D eigenvalue weighted by atomic mass is 10.2. The Labute approximate surface area is 146 Å². The van der Waals surface area contributed by atoms with E-state index in [2.05, 4.69) is 41.4 Å². The molecule has 3 heterocycles. The highest BCUT2D eigenvalue weighted by molar-refractivity contribution is 6.30. The number of fused-ring (bicyclic) bond motifs is 1. The van der Waals surface area contributed by atoms with Gasteiger partial charge >= 0.3 is 0 Å². The van der Waals surface area contributed by atoms with Gasteiger partial charge in [0.15, 0.2) is 11.5 Å². The normalized spacial score (nSPS) is 13.1. The number of pyridine rings is 1. The van der Waals surface area contributed by atoms with E-state index < -0.39 is 0 Å². The van der Waals surface area contributed by atoms with Gasteiger partial charge in [0.2, 0.25) is 0 Å². The molecule has 7 heteroatoms. The van der Waals surface area contributed by atoms with Crippen molar-refractivity contribution in [2.45, 2.75) is 46.8 Å². The molecule has 0 aliphatic rings. The minimum absolute atomic E-state index is 0.0475. The average Bonchev–Trinajstić information content (AvgIpc) is 3.07. The maximum Gasteiger partial charge on any atom is 0.160 e. The topological polar surface area (TPSA) is 60.0 Å². The second-order valence-electron chi connectivity index (χ2n) is 6.52. The standard InChI is InChI=1S/C17H23ClN6/c1-11(2)10-24-16(18)14(12(3)22-24)9-19-13(4)17-21-20-15-7-5-6-8-23(15)17/h5-8,11,13,19H,9-10H2,1-4H3/t13-/m1/s1. The van der Waals surface area contributed by atoms with Crippen LogP contribution in [0.25, 0.3) is 5.65 Å². The Kier molecular flexibility index (Phi) is 4.87. The summed E-state index contributed by atoms with van der Waals surface area (Å²) in [5.41, 5.74) is 2.85. The predicted octanol–water partition coefficient (Wildman–Crippen LogP) is 3.39. The number of aryl methyl sites for hydroxylation is 1. The van der Waals surface area contributed by atoms with Crippen molar-refractivity contribution in [3.63, 3.8) is 0 Å². The molecule has 24 heavy (non-hydrogen) atoms. The quantitative estimate of drug-likeness (QED) is 0.743. The van der Waals surface area contributed by atoms with Crippen LogP contribution >= 0.6 is 11.6 Å². The fourth-order valence-corrected chi connectivity index (χ4v) is 3.07. The molecular formula is C17H23ClN6. The van der Waals surface area contributed by atoms with Crippen molar-refractivity contribution in [1.29, 1.82) is 0 Å². The molecule has 3 aromatic heterocycles. The molecule has 0 fully saturated rings. The molecule has 3 rings (SSSR count). The summed E-state index contributed by atoms with van der Waals surface area (Å²) >= 11 is 6.50. The minimum atomic E-state index is 0.0475. The van der Waals surface area contributed by atoms with Crippen molar-refractivity contribution < 1.29 is 0 Å². The minimum Gasteiger partial charge on any atom is -0.303 e. The van der Waals surface area contributed by atoms with Crippen LogP contribution in [0, 0.1) is 12.8 Å². The molecule has 0 spiro atoms. The van der Waals surface area contributed by atoms with E-state index in [-0.39, 0.29) is 6.04 Å². The van der Waals surface area contributed by atoms with Crippen molar-refractivity contribution in [3.8, 4) is 0 Å². The first-order chi connectivity index (χ1) is 11.5. The van der Waals surface area contributed by atoms with Gasteiger partial charge in [0.1, 0.15) is 5.15 Å². The summed E-state index contributed by atoms with van der Waals surface area (Å²) in [5.74, 6) is 1.39. The smallest absolute Gasteiger partial charge is 0.160 e. The fourth-order valence-electron chi connectivity index (χ4n) is 2.76. The van der Waals surface area contributed by atoms with Crippen molar-refractivity contribution in [3.05, 3.63) is 46.6 Å². The molecule has 0 bridgehead atoms. The first-order valence-electron chi connectivity index (χ1n) is 8.22. The van der Waals surface area contributed by atoms with Crippen LogP contribution in [0.1, 0.15) is 43.9 Å². The number of hydrogen-bond acceptors (Lipinski definition) is 4. The maximum atomic E-state index is 6.50. The molecule has 0 saturated carbocycles. The van der Waals surface area contributed by atoms with Gasteiger partial charge in [0.25, 0.3) is 0 Å². The van der Waals surface area contributed by atoms with E-state index in [9.17, 15) is 0 Å². The number of nitrogens with zero attached hydrogens (tertiary/aromatic N) is 5. The Morgan fingerprint density at radius 3 is 2.75 bits per heavy atom. The van der Waals surface area contributed by atoms with E-state index in [1.165, 1.54) is 0 Å². The third kappa shape index (κ3) is 3.30. The van der Waals surface area contributed by atoms with Crippen LogP contribution in [-0.4, -0.2) is 24.4 Å². The zero-order valence-corrected chi connectivity index (χ0v) is 15.2. The van der Waals surface area contributed by atoms with Crippen LogP contribution in [0.5, 0.6) is 0 Å². The summed E-state index contributed by atoms with van der Waals surface area (Å²) in [6.45, 7) is 9.85. The highest BCUT2D eigenvalue weighted by Gasteiger charge is 2.17. The Morgan fingerprint density at radius 1 is 1.21 bits per heavy atom. The van der Waals surface area contributed by atoms with Crippen LogP contribution < -0.4 is 5.32 Å². The van der Waals surface area contributed by atoms with Crippen LogP contribution in [0.4, 0.5) is 0 Å². The molecule has 0 amide bonds. The zero-order chi connectivity index (χ0) is 17.3. The van der Waals surface area contributed by atoms with Gasteiger partial charge in [-0.25, -0.2) is 0 Å². The van der Waals surface area contributed by atoms with Crippen LogP contribution in [0.15, 0.2) is 24.4 Å². The van der Waals surface area contributed by atoms with Crippen LogP contribution in [-0.2, 0) is 13.1 Å². The first kappa shape index (κ1) is 16.9. The lowest BCUT2D eigenvalue weighted by Gasteiger charge is -2.12. The third-order valence-electron chi connectivity index (χ3n) is 4.03. The summed E-state index contributed by atoms with van der Waals surface area (Å²) in [7, 11) is 0. The summed E-state index contributed by atoms with van der Waals surface area (Å²) in [4.78, 5) is 0. The van der Waals surface area contributed by atoms with Gasteiger partial charge in [0.05, 0.1) is 11.7 Å². The second kappa shape index (κ2) is 6.91. The molecule has 0 aliphatic heterocycles. The molecule has 0 saturated heterocycles. The highest BCUT2D eigenvalue weighted by Crippen LogP contribution is 2.22. The van der Waals surface area contributed by atoms with Crippen molar-refractivity contribution in [1.82, 2.24) is 29.7 Å². The van der Waals surface area contributed by atoms with E-state index >= 15 is 0 Å². The molecular weight excluding hydrogens is 324 g/mol. The fraction of sp³-hybridized carbons (Fsp3) is 0.471. The zero-order valence-electron chi connectivity index (χ0n) is 14.5. The van der Waals surface area contributed by atoms with Gasteiger partial charge in [-0.2, -0.15) is 5.10 Å². The predicted molar refractivity (Wildman–Crippen MR) is 95.1 cm³/mol. The molecule has 128 valence electrons. The number of aromatic nitrogens is 5. The number of hydrogen-bond donors (Lipinski definition) is 1. The van der Waals surface area contributed by atoms with Gasteiger partial charge in [-0.15, -0.1) is 10.2 Å². The van der Waals surface area contributed by atoms with Gasteiger partial charge in [-0.3, -0.25) is 9.08 Å². The average molecular weight is 347 g/mol. The lowest BCUT2D eigenvalue weighted by molar-refractivity contribution is 0.481. The Hall–Kier alpha value is -1.92. The Bertz CT molecular complexity index is 835. The molecule has 1 atom stereocenters. The van der Waals surface area contributed by atoms with E-state index in [1.54, 1.807) is 0 Å². The Balaban J connectivity index is 1.75. The first-order valence-corrected chi connectivity index (χ1v) is 8.60. The van der Waals surface area contributed by atoms with Crippen molar-refractivity contribution in [2.75, 3.05) is 0 Å². The molecule has 0 radical (unpaired) electrons. The van der Waals surface area contributed by atoms with Crippen LogP contribution in [0.2, 0.25) is 5.15 Å². The van der Waals surface area contributed by atoms with Gasteiger partial charge in [0, 0.05) is 24.8 Å². The third-order valence-corrected chi connectivity index (χ3v) is 4.46. The van der Waals surface area contributed by atoms with E-state index in [0.29, 0.717) is 17.6 Å². The van der Waals surface area contributed by atoms with E-state index in [1.807, 2.05) is 40.4 Å². The van der Waals surface area contributed by atoms with Crippen molar-refractivity contribution in [2.24, 2.45) is 5.92 Å². The summed E-state index contributed by atoms with van der Waals surface area (Å²) in [6, 6.07) is 5.92. The van der Waals surface area contributed by atoms with Gasteiger partial charge in [-0.05, 0) is 31.9 Å². The largest absolute Gasteiger partial charge is 0.303 e. The van der Waals surface area contributed by atoms with Gasteiger partial charge in [-0.1, -0.05) is 31.5 Å². The lowest BCUT2D eigenvalue weighted by Crippen LogP contribution is -2.20. The summed E-state index contributed by atoms with van der Waals surface area (Å²) < 4.78 is 3.88. The van der Waals surface area contributed by atoms with Crippen molar-refractivity contribution >= 4 is 17.2 Å². The van der Waals surface area contributed by atoms with E-state index in [4.69, 9.17) is 11.6 Å². The molecule has 1 N–H and O–H groups in total. The number of nitrogens with one attached hydrogen (secondary N) is 1.